The molecule has 0 bridgehead atoms. The number of fused-ring (bicyclic) bond motifs is 1. The number of anilines is 1. The van der Waals surface area contributed by atoms with E-state index in [1.165, 1.54) is 6.42 Å². The van der Waals surface area contributed by atoms with E-state index in [-0.39, 0.29) is 0 Å². The predicted octanol–water partition coefficient (Wildman–Crippen LogP) is 4.69. The summed E-state index contributed by atoms with van der Waals surface area (Å²) in [5.41, 5.74) is 1.99. The Hall–Kier alpha value is -2.62. The van der Waals surface area contributed by atoms with Crippen molar-refractivity contribution in [2.24, 2.45) is 11.8 Å². The Labute approximate surface area is 154 Å². The van der Waals surface area contributed by atoms with Crippen molar-refractivity contribution in [1.29, 1.82) is 0 Å². The zero-order valence-electron chi connectivity index (χ0n) is 15.4. The predicted molar refractivity (Wildman–Crippen MR) is 105 cm³/mol. The van der Waals surface area contributed by atoms with Crippen molar-refractivity contribution in [3.05, 3.63) is 60.4 Å². The number of pyridine rings is 2. The Balaban J connectivity index is 1.62. The van der Waals surface area contributed by atoms with Crippen LogP contribution in [0.3, 0.4) is 0 Å². The molecule has 0 amide bonds. The highest BCUT2D eigenvalue weighted by molar-refractivity contribution is 5.86. The van der Waals surface area contributed by atoms with Crippen molar-refractivity contribution in [1.82, 2.24) is 9.97 Å². The summed E-state index contributed by atoms with van der Waals surface area (Å²) in [5.74, 6) is 3.28. The van der Waals surface area contributed by atoms with Crippen molar-refractivity contribution in [3.8, 4) is 5.75 Å². The Kier molecular flexibility index (Phi) is 4.74. The van der Waals surface area contributed by atoms with E-state index in [1.807, 2.05) is 30.5 Å². The van der Waals surface area contributed by atoms with Gasteiger partial charge >= 0.3 is 0 Å². The van der Waals surface area contributed by atoms with Gasteiger partial charge in [0, 0.05) is 36.4 Å². The molecule has 1 aliphatic heterocycles. The molecule has 3 aromatic rings. The number of para-hydroxylation sites is 1. The van der Waals surface area contributed by atoms with Gasteiger partial charge < -0.3 is 9.64 Å². The van der Waals surface area contributed by atoms with Crippen molar-refractivity contribution in [2.75, 3.05) is 18.0 Å². The molecule has 1 aromatic carbocycles. The van der Waals surface area contributed by atoms with Gasteiger partial charge in [-0.25, -0.2) is 4.98 Å². The summed E-state index contributed by atoms with van der Waals surface area (Å²) in [6.07, 6.45) is 4.90. The van der Waals surface area contributed by atoms with Gasteiger partial charge in [-0.2, -0.15) is 0 Å². The van der Waals surface area contributed by atoms with E-state index in [1.54, 1.807) is 6.20 Å². The van der Waals surface area contributed by atoms with Crippen LogP contribution >= 0.6 is 0 Å². The van der Waals surface area contributed by atoms with E-state index in [4.69, 9.17) is 9.72 Å². The normalized spacial score (nSPS) is 20.3. The first-order valence-corrected chi connectivity index (χ1v) is 9.35. The standard InChI is InChI=1S/C22H25N3O/c1-16-11-17(2)14-25(13-16)21-9-8-19-6-3-7-20(22(19)24-21)26-15-18-5-4-10-23-12-18/h3-10,12,16-17H,11,13-15H2,1-2H3. The summed E-state index contributed by atoms with van der Waals surface area (Å²) >= 11 is 0. The molecule has 2 aromatic heterocycles. The van der Waals surface area contributed by atoms with E-state index in [0.717, 1.165) is 41.1 Å². The van der Waals surface area contributed by atoms with Crippen LogP contribution in [0.1, 0.15) is 25.8 Å². The molecular formula is C22H25N3O. The zero-order valence-corrected chi connectivity index (χ0v) is 15.4. The SMILES string of the molecule is CC1CC(C)CN(c2ccc3cccc(OCc4cccnc4)c3n2)C1. The van der Waals surface area contributed by atoms with E-state index in [2.05, 4.69) is 41.9 Å². The third kappa shape index (κ3) is 3.64. The maximum atomic E-state index is 6.07. The average molecular weight is 347 g/mol. The minimum atomic E-state index is 0.497. The largest absolute Gasteiger partial charge is 0.487 e. The Morgan fingerprint density at radius 1 is 1.04 bits per heavy atom. The number of nitrogens with zero attached hydrogens (tertiary/aromatic N) is 3. The molecule has 1 fully saturated rings. The minimum absolute atomic E-state index is 0.497. The average Bonchev–Trinajstić information content (AvgIpc) is 2.66. The second-order valence-electron chi connectivity index (χ2n) is 7.50. The summed E-state index contributed by atoms with van der Waals surface area (Å²) in [5, 5.41) is 1.11. The molecule has 1 aliphatic rings. The van der Waals surface area contributed by atoms with Crippen LogP contribution in [-0.4, -0.2) is 23.1 Å². The lowest BCUT2D eigenvalue weighted by molar-refractivity contribution is 0.309. The molecule has 0 N–H and O–H groups in total. The molecule has 0 radical (unpaired) electrons. The lowest BCUT2D eigenvalue weighted by atomic mass is 9.92. The molecule has 0 aliphatic carbocycles. The summed E-state index contributed by atoms with van der Waals surface area (Å²) in [6.45, 7) is 7.29. The second-order valence-corrected chi connectivity index (χ2v) is 7.50. The molecule has 0 saturated carbocycles. The van der Waals surface area contributed by atoms with Crippen molar-refractivity contribution >= 4 is 16.7 Å². The molecule has 4 heteroatoms. The van der Waals surface area contributed by atoms with E-state index in [9.17, 15) is 0 Å². The molecule has 4 nitrogen and oxygen atoms in total. The van der Waals surface area contributed by atoms with Crippen LogP contribution in [0.15, 0.2) is 54.9 Å². The lowest BCUT2D eigenvalue weighted by Gasteiger charge is -2.35. The third-order valence-electron chi connectivity index (χ3n) is 4.98. The van der Waals surface area contributed by atoms with Crippen molar-refractivity contribution in [2.45, 2.75) is 26.9 Å². The van der Waals surface area contributed by atoms with Gasteiger partial charge in [0.1, 0.15) is 23.7 Å². The van der Waals surface area contributed by atoms with Gasteiger partial charge in [-0.05, 0) is 42.5 Å². The quantitative estimate of drug-likeness (QED) is 0.686. The van der Waals surface area contributed by atoms with Gasteiger partial charge in [0.05, 0.1) is 0 Å². The lowest BCUT2D eigenvalue weighted by Crippen LogP contribution is -2.39. The summed E-state index contributed by atoms with van der Waals surface area (Å²) in [7, 11) is 0. The first-order chi connectivity index (χ1) is 12.7. The summed E-state index contributed by atoms with van der Waals surface area (Å²) in [6, 6.07) is 14.3. The number of hydrogen-bond donors (Lipinski definition) is 0. The number of piperidine rings is 1. The van der Waals surface area contributed by atoms with Gasteiger partial charge in [-0.1, -0.05) is 32.0 Å². The highest BCUT2D eigenvalue weighted by Crippen LogP contribution is 2.30. The molecule has 134 valence electrons. The molecule has 2 unspecified atom stereocenters. The number of ether oxygens (including phenoxy) is 1. The van der Waals surface area contributed by atoms with Crippen LogP contribution in [0.4, 0.5) is 5.82 Å². The Bertz CT molecular complexity index is 871. The monoisotopic (exact) mass is 347 g/mol. The molecule has 0 spiro atoms. The van der Waals surface area contributed by atoms with E-state index < -0.39 is 0 Å². The second kappa shape index (κ2) is 7.32. The van der Waals surface area contributed by atoms with Crippen LogP contribution < -0.4 is 9.64 Å². The fourth-order valence-corrected chi connectivity index (χ4v) is 3.90. The number of hydrogen-bond acceptors (Lipinski definition) is 4. The first-order valence-electron chi connectivity index (χ1n) is 9.35. The zero-order chi connectivity index (χ0) is 17.9. The first kappa shape index (κ1) is 16.8. The van der Waals surface area contributed by atoms with Crippen LogP contribution in [0.5, 0.6) is 5.75 Å². The number of aromatic nitrogens is 2. The highest BCUT2D eigenvalue weighted by Gasteiger charge is 2.23. The molecule has 26 heavy (non-hydrogen) atoms. The molecule has 3 heterocycles. The van der Waals surface area contributed by atoms with E-state index >= 15 is 0 Å². The van der Waals surface area contributed by atoms with Crippen LogP contribution in [-0.2, 0) is 6.61 Å². The Morgan fingerprint density at radius 2 is 1.88 bits per heavy atom. The fourth-order valence-electron chi connectivity index (χ4n) is 3.90. The molecule has 4 rings (SSSR count). The van der Waals surface area contributed by atoms with Gasteiger partial charge in [-0.15, -0.1) is 0 Å². The van der Waals surface area contributed by atoms with Gasteiger partial charge in [-0.3, -0.25) is 4.98 Å². The maximum absolute atomic E-state index is 6.07. The van der Waals surface area contributed by atoms with Gasteiger partial charge in [0.15, 0.2) is 0 Å². The molecule has 2 atom stereocenters. The number of rotatable bonds is 4. The third-order valence-corrected chi connectivity index (χ3v) is 4.98. The highest BCUT2D eigenvalue weighted by atomic mass is 16.5. The maximum Gasteiger partial charge on any atom is 0.146 e. The van der Waals surface area contributed by atoms with Crippen LogP contribution in [0.25, 0.3) is 10.9 Å². The smallest absolute Gasteiger partial charge is 0.146 e. The fraction of sp³-hybridized carbons (Fsp3) is 0.364. The molecular weight excluding hydrogens is 322 g/mol. The minimum Gasteiger partial charge on any atom is -0.487 e. The van der Waals surface area contributed by atoms with Crippen LogP contribution in [0, 0.1) is 11.8 Å². The summed E-state index contributed by atoms with van der Waals surface area (Å²) in [4.78, 5) is 11.5. The number of benzene rings is 1. The van der Waals surface area contributed by atoms with Crippen molar-refractivity contribution in [3.63, 3.8) is 0 Å². The van der Waals surface area contributed by atoms with Crippen LogP contribution in [0.2, 0.25) is 0 Å². The Morgan fingerprint density at radius 3 is 2.65 bits per heavy atom. The van der Waals surface area contributed by atoms with Crippen molar-refractivity contribution < 1.29 is 4.74 Å². The molecule has 1 saturated heterocycles. The van der Waals surface area contributed by atoms with E-state index in [0.29, 0.717) is 18.4 Å². The van der Waals surface area contributed by atoms with Gasteiger partial charge in [0.2, 0.25) is 0 Å². The summed E-state index contributed by atoms with van der Waals surface area (Å²) < 4.78 is 6.07. The topological polar surface area (TPSA) is 38.2 Å². The van der Waals surface area contributed by atoms with Gasteiger partial charge in [0.25, 0.3) is 0 Å².